The number of aliphatic carboxylic acids is 3. The van der Waals surface area contributed by atoms with Crippen LogP contribution in [0.2, 0.25) is 0 Å². The summed E-state index contributed by atoms with van der Waals surface area (Å²) in [6.45, 7) is 0. The van der Waals surface area contributed by atoms with E-state index in [1.54, 1.807) is 0 Å². The average molecular weight is 292 g/mol. The number of hydrogen-bond acceptors (Lipinski definition) is 7. The first-order chi connectivity index (χ1) is 5.78. The van der Waals surface area contributed by atoms with Gasteiger partial charge in [0.25, 0.3) is 0 Å². The largest absolute Gasteiger partial charge is 4.00 e. The maximum absolute atomic E-state index is 10.1. The number of carbonyl (C=O) groups is 3. The van der Waals surface area contributed by atoms with E-state index in [0.29, 0.717) is 0 Å². The van der Waals surface area contributed by atoms with Crippen LogP contribution < -0.4 is 66.7 Å². The third kappa shape index (κ3) is 9.87. The number of carbonyl (C=O) groups excluding carboxylic acids is 3. The Morgan fingerprint density at radius 2 is 1.25 bits per heavy atom. The maximum Gasteiger partial charge on any atom is 4.00 e. The van der Waals surface area contributed by atoms with Gasteiger partial charge < -0.3 is 40.3 Å². The van der Waals surface area contributed by atoms with E-state index in [0.717, 1.165) is 0 Å². The summed E-state index contributed by atoms with van der Waals surface area (Å²) in [6, 6.07) is 0. The van der Waals surface area contributed by atoms with Crippen LogP contribution in [0, 0.1) is 0 Å². The van der Waals surface area contributed by atoms with Gasteiger partial charge in [0.05, 0.1) is 5.97 Å². The molecule has 0 aromatic carbocycles. The third-order valence-electron chi connectivity index (χ3n) is 1.25. The van der Waals surface area contributed by atoms with Crippen molar-refractivity contribution in [3.05, 3.63) is 0 Å². The van der Waals surface area contributed by atoms with Gasteiger partial charge in [-0.1, -0.05) is 0 Å². The second-order valence-electron chi connectivity index (χ2n) is 2.42. The van der Waals surface area contributed by atoms with Crippen molar-refractivity contribution in [2.45, 2.75) is 18.4 Å². The molecular formula is C6H5KO8Ti. The molecule has 0 aliphatic rings. The first kappa shape index (κ1) is 25.5. The average Bonchev–Trinajstić information content (AvgIpc) is 1.82. The fourth-order valence-corrected chi connectivity index (χ4v) is 0.684. The molecule has 0 fully saturated rings. The third-order valence-corrected chi connectivity index (χ3v) is 1.25. The molecule has 0 aliphatic heterocycles. The molecule has 10 heteroatoms. The van der Waals surface area contributed by atoms with Gasteiger partial charge in [0.2, 0.25) is 0 Å². The van der Waals surface area contributed by atoms with Crippen molar-refractivity contribution in [2.75, 3.05) is 0 Å². The summed E-state index contributed by atoms with van der Waals surface area (Å²) >= 11 is 0. The topological polar surface area (TPSA) is 169 Å². The molecule has 0 unspecified atom stereocenters. The van der Waals surface area contributed by atoms with Crippen LogP contribution in [0.3, 0.4) is 0 Å². The summed E-state index contributed by atoms with van der Waals surface area (Å²) in [7, 11) is 0. The van der Waals surface area contributed by atoms with Crippen molar-refractivity contribution in [2.24, 2.45) is 0 Å². The Labute approximate surface area is 148 Å². The summed E-state index contributed by atoms with van der Waals surface area (Å²) in [6.07, 6.45) is -2.72. The molecule has 82 valence electrons. The van der Waals surface area contributed by atoms with Crippen LogP contribution in [0.4, 0.5) is 0 Å². The van der Waals surface area contributed by atoms with Gasteiger partial charge in [-0.15, -0.1) is 0 Å². The van der Waals surface area contributed by atoms with Crippen LogP contribution in [0.25, 0.3) is 0 Å². The molecule has 0 aromatic rings. The van der Waals surface area contributed by atoms with Gasteiger partial charge in [0.1, 0.15) is 5.60 Å². The molecule has 8 nitrogen and oxygen atoms in total. The molecule has 0 heterocycles. The smallest absolute Gasteiger partial charge is 2.00 e. The van der Waals surface area contributed by atoms with Gasteiger partial charge in [-0.2, -0.15) is 0 Å². The normalized spacial score (nSPS) is 8.81. The van der Waals surface area contributed by atoms with Gasteiger partial charge in [0, 0.05) is 24.8 Å². The van der Waals surface area contributed by atoms with Crippen LogP contribution in [0.15, 0.2) is 0 Å². The molecule has 0 atom stereocenters. The second-order valence-corrected chi connectivity index (χ2v) is 2.42. The van der Waals surface area contributed by atoms with Crippen LogP contribution in [-0.2, 0) is 41.6 Å². The van der Waals surface area contributed by atoms with Gasteiger partial charge in [-0.3, -0.25) is 0 Å². The zero-order chi connectivity index (χ0) is 10.6. The zero-order valence-electron chi connectivity index (χ0n) is 8.22. The maximum atomic E-state index is 10.1. The Balaban J connectivity index is -0.000000240. The standard InChI is InChI=1S/C6H8O7.K.O.Ti/c7-3(8)1-6(13,5(11)12)2-4(9)10;;;/h13H,1-2H2,(H,7,8)(H,9,10)(H,11,12);;;/q;+1;-2;+4/p-3. The van der Waals surface area contributed by atoms with E-state index in [1.807, 2.05) is 0 Å². The predicted molar refractivity (Wildman–Crippen MR) is 29.9 cm³/mol. The molecule has 0 aromatic heterocycles. The number of carboxylic acid groups (broad SMARTS) is 3. The van der Waals surface area contributed by atoms with Gasteiger partial charge >= 0.3 is 73.1 Å². The Kier molecular flexibility index (Phi) is 17.2. The fraction of sp³-hybridized carbons (Fsp3) is 0.500. The Bertz CT molecular complexity index is 239. The first-order valence-corrected chi connectivity index (χ1v) is 3.11. The van der Waals surface area contributed by atoms with Crippen molar-refractivity contribution in [3.63, 3.8) is 0 Å². The van der Waals surface area contributed by atoms with Crippen molar-refractivity contribution < 1.29 is 113 Å². The molecule has 0 saturated heterocycles. The van der Waals surface area contributed by atoms with E-state index >= 15 is 0 Å². The Morgan fingerprint density at radius 1 is 1.00 bits per heavy atom. The molecule has 0 bridgehead atoms. The molecule has 0 amide bonds. The van der Waals surface area contributed by atoms with Gasteiger partial charge in [-0.25, -0.2) is 0 Å². The predicted octanol–water partition coefficient (Wildman–Crippen LogP) is -8.37. The molecule has 1 N–H and O–H groups in total. The summed E-state index contributed by atoms with van der Waals surface area (Å²) in [4.78, 5) is 30.0. The van der Waals surface area contributed by atoms with E-state index in [9.17, 15) is 29.7 Å². The zero-order valence-corrected chi connectivity index (χ0v) is 12.9. The Hall–Kier alpha value is 0.681. The van der Waals surface area contributed by atoms with Crippen LogP contribution >= 0.6 is 0 Å². The monoisotopic (exact) mass is 292 g/mol. The first-order valence-electron chi connectivity index (χ1n) is 3.11. The molecule has 16 heavy (non-hydrogen) atoms. The molecular weight excluding hydrogens is 287 g/mol. The molecule has 0 aliphatic carbocycles. The van der Waals surface area contributed by atoms with Crippen molar-refractivity contribution in [3.8, 4) is 0 Å². The van der Waals surface area contributed by atoms with Gasteiger partial charge in [-0.05, 0) is 0 Å². The molecule has 0 rings (SSSR count). The number of aliphatic hydroxyl groups is 1. The SMILES string of the molecule is O=C([O-])CC(O)(CC(=O)[O-])C(=O)[O-].[K+].[O-2].[Ti+4]. The molecule has 0 radical (unpaired) electrons. The summed E-state index contributed by atoms with van der Waals surface area (Å²) < 4.78 is 0. The quantitative estimate of drug-likeness (QED) is 0.490. The van der Waals surface area contributed by atoms with Crippen LogP contribution in [0.1, 0.15) is 12.8 Å². The van der Waals surface area contributed by atoms with Crippen molar-refractivity contribution >= 4 is 17.9 Å². The molecule has 0 spiro atoms. The Morgan fingerprint density at radius 3 is 1.38 bits per heavy atom. The minimum Gasteiger partial charge on any atom is -2.00 e. The minimum absolute atomic E-state index is 0. The fourth-order valence-electron chi connectivity index (χ4n) is 0.684. The van der Waals surface area contributed by atoms with E-state index < -0.39 is 36.4 Å². The minimum atomic E-state index is -2.97. The van der Waals surface area contributed by atoms with Crippen molar-refractivity contribution in [1.29, 1.82) is 0 Å². The number of rotatable bonds is 5. The summed E-state index contributed by atoms with van der Waals surface area (Å²) in [5.41, 5.74) is -2.97. The molecule has 0 saturated carbocycles. The summed E-state index contributed by atoms with van der Waals surface area (Å²) in [5.74, 6) is -5.98. The van der Waals surface area contributed by atoms with Crippen LogP contribution in [-0.4, -0.2) is 28.6 Å². The van der Waals surface area contributed by atoms with E-state index in [4.69, 9.17) is 5.11 Å². The summed E-state index contributed by atoms with van der Waals surface area (Å²) in [5, 5.41) is 38.9. The van der Waals surface area contributed by atoms with Crippen molar-refractivity contribution in [1.82, 2.24) is 0 Å². The number of carboxylic acids is 3. The van der Waals surface area contributed by atoms with Crippen LogP contribution in [0.5, 0.6) is 0 Å². The second kappa shape index (κ2) is 10.8. The number of hydrogen-bond donors (Lipinski definition) is 1. The van der Waals surface area contributed by atoms with Gasteiger partial charge in [0.15, 0.2) is 0 Å². The van der Waals surface area contributed by atoms with E-state index in [1.165, 1.54) is 0 Å². The van der Waals surface area contributed by atoms with E-state index in [2.05, 4.69) is 0 Å². The van der Waals surface area contributed by atoms with E-state index in [-0.39, 0.29) is 78.6 Å².